The lowest BCUT2D eigenvalue weighted by molar-refractivity contribution is -0.135. The number of imide groups is 1. The van der Waals surface area contributed by atoms with Crippen LogP contribution in [0.4, 0.5) is 4.79 Å². The molecule has 0 N–H and O–H groups in total. The van der Waals surface area contributed by atoms with E-state index in [1.807, 2.05) is 0 Å². The number of thioether (sulfide) groups is 1. The molecular formula is C25H22Cl2N2O6S. The van der Waals surface area contributed by atoms with Gasteiger partial charge in [0.25, 0.3) is 11.1 Å². The topological polar surface area (TPSA) is 93.2 Å². The van der Waals surface area contributed by atoms with Crippen molar-refractivity contribution in [3.63, 3.8) is 0 Å². The van der Waals surface area contributed by atoms with Gasteiger partial charge in [-0.2, -0.15) is 0 Å². The van der Waals surface area contributed by atoms with E-state index in [9.17, 15) is 19.2 Å². The number of rotatable bonds is 7. The van der Waals surface area contributed by atoms with Crippen LogP contribution in [-0.2, 0) is 9.59 Å². The number of nitrogens with zero attached hydrogens (tertiary/aromatic N) is 2. The highest BCUT2D eigenvalue weighted by Gasteiger charge is 2.37. The molecule has 0 unspecified atom stereocenters. The van der Waals surface area contributed by atoms with Crippen LogP contribution in [0, 0.1) is 0 Å². The Kier molecular flexibility index (Phi) is 8.23. The molecule has 2 heterocycles. The second-order valence-electron chi connectivity index (χ2n) is 8.02. The zero-order valence-electron chi connectivity index (χ0n) is 19.3. The van der Waals surface area contributed by atoms with E-state index < -0.39 is 17.1 Å². The van der Waals surface area contributed by atoms with E-state index in [1.165, 1.54) is 18.2 Å². The van der Waals surface area contributed by atoms with E-state index in [-0.39, 0.29) is 46.0 Å². The lowest BCUT2D eigenvalue weighted by atomic mass is 10.1. The highest BCUT2D eigenvalue weighted by atomic mass is 35.5. The molecule has 0 spiro atoms. The smallest absolute Gasteiger partial charge is 0.343 e. The minimum atomic E-state index is -0.670. The molecule has 0 radical (unpaired) electrons. The van der Waals surface area contributed by atoms with Gasteiger partial charge in [-0.25, -0.2) is 4.79 Å². The van der Waals surface area contributed by atoms with Gasteiger partial charge in [-0.05, 0) is 73.5 Å². The summed E-state index contributed by atoms with van der Waals surface area (Å²) in [6, 6.07) is 9.33. The zero-order chi connectivity index (χ0) is 25.8. The number of ether oxygens (including phenoxy) is 2. The normalized spacial score (nSPS) is 16.7. The van der Waals surface area contributed by atoms with Crippen LogP contribution in [0.1, 0.15) is 35.7 Å². The number of hydrogen-bond donors (Lipinski definition) is 0. The Hall–Kier alpha value is -3.01. The number of likely N-dealkylation sites (tertiary alicyclic amines) is 1. The first-order chi connectivity index (χ1) is 17.3. The van der Waals surface area contributed by atoms with Crippen LogP contribution >= 0.6 is 35.0 Å². The summed E-state index contributed by atoms with van der Waals surface area (Å²) in [5.74, 6) is -1.26. The van der Waals surface area contributed by atoms with Crippen molar-refractivity contribution in [2.45, 2.75) is 19.8 Å². The molecule has 11 heteroatoms. The van der Waals surface area contributed by atoms with Crippen molar-refractivity contribution in [2.24, 2.45) is 0 Å². The van der Waals surface area contributed by atoms with E-state index in [0.717, 1.165) is 29.5 Å². The quantitative estimate of drug-likeness (QED) is 0.264. The number of carbonyl (C=O) groups excluding carboxylic acids is 4. The third-order valence-corrected chi connectivity index (χ3v) is 6.93. The van der Waals surface area contributed by atoms with Gasteiger partial charge in [0, 0.05) is 18.1 Å². The van der Waals surface area contributed by atoms with Gasteiger partial charge < -0.3 is 14.4 Å². The Labute approximate surface area is 222 Å². The Morgan fingerprint density at radius 3 is 2.56 bits per heavy atom. The average molecular weight is 549 g/mol. The lowest BCUT2D eigenvalue weighted by Crippen LogP contribution is -2.40. The predicted octanol–water partition coefficient (Wildman–Crippen LogP) is 5.27. The number of hydrogen-bond acceptors (Lipinski definition) is 7. The maximum absolute atomic E-state index is 12.9. The van der Waals surface area contributed by atoms with Crippen LogP contribution in [0.25, 0.3) is 6.08 Å². The van der Waals surface area contributed by atoms with Gasteiger partial charge in [-0.15, -0.1) is 0 Å². The monoisotopic (exact) mass is 548 g/mol. The van der Waals surface area contributed by atoms with Crippen molar-refractivity contribution in [3.05, 3.63) is 62.5 Å². The molecule has 0 atom stereocenters. The summed E-state index contributed by atoms with van der Waals surface area (Å²) in [7, 11) is 0. The van der Waals surface area contributed by atoms with Gasteiger partial charge in [0.15, 0.2) is 11.5 Å². The Bertz CT molecular complexity index is 1260. The molecule has 2 aliphatic heterocycles. The van der Waals surface area contributed by atoms with Gasteiger partial charge in [-0.3, -0.25) is 19.3 Å². The molecular weight excluding hydrogens is 527 g/mol. The molecule has 0 saturated carbocycles. The second-order valence-corrected chi connectivity index (χ2v) is 9.86. The largest absolute Gasteiger partial charge is 0.490 e. The van der Waals surface area contributed by atoms with Crippen LogP contribution in [0.3, 0.4) is 0 Å². The number of carbonyl (C=O) groups is 4. The molecule has 3 amide bonds. The lowest BCUT2D eigenvalue weighted by Gasteiger charge is -2.18. The maximum Gasteiger partial charge on any atom is 0.343 e. The van der Waals surface area contributed by atoms with E-state index in [4.69, 9.17) is 32.7 Å². The molecule has 2 aromatic carbocycles. The van der Waals surface area contributed by atoms with Gasteiger partial charge in [0.2, 0.25) is 5.91 Å². The molecule has 0 bridgehead atoms. The first-order valence-corrected chi connectivity index (χ1v) is 12.8. The Balaban J connectivity index is 1.55. The third-order valence-electron chi connectivity index (χ3n) is 5.51. The van der Waals surface area contributed by atoms with E-state index in [1.54, 1.807) is 36.1 Å². The second kappa shape index (κ2) is 11.4. The summed E-state index contributed by atoms with van der Waals surface area (Å²) in [4.78, 5) is 53.1. The average Bonchev–Trinajstić information content (AvgIpc) is 3.46. The van der Waals surface area contributed by atoms with Gasteiger partial charge in [-0.1, -0.05) is 29.3 Å². The molecule has 2 saturated heterocycles. The number of benzene rings is 2. The van der Waals surface area contributed by atoms with Gasteiger partial charge in [0.05, 0.1) is 22.1 Å². The fourth-order valence-electron chi connectivity index (χ4n) is 3.79. The molecule has 2 fully saturated rings. The first kappa shape index (κ1) is 26.1. The fraction of sp³-hybridized carbons (Fsp3) is 0.280. The molecule has 2 aliphatic rings. The van der Waals surface area contributed by atoms with Crippen LogP contribution in [0.2, 0.25) is 10.0 Å². The van der Waals surface area contributed by atoms with Gasteiger partial charge in [0.1, 0.15) is 6.54 Å². The van der Waals surface area contributed by atoms with Crippen LogP contribution in [-0.4, -0.2) is 59.1 Å². The summed E-state index contributed by atoms with van der Waals surface area (Å²) in [5.41, 5.74) is 0.699. The van der Waals surface area contributed by atoms with E-state index in [0.29, 0.717) is 23.7 Å². The van der Waals surface area contributed by atoms with Gasteiger partial charge >= 0.3 is 5.97 Å². The predicted molar refractivity (Wildman–Crippen MR) is 138 cm³/mol. The summed E-state index contributed by atoms with van der Waals surface area (Å²) in [6.07, 6.45) is 3.32. The van der Waals surface area contributed by atoms with Crippen molar-refractivity contribution in [2.75, 3.05) is 26.2 Å². The Morgan fingerprint density at radius 2 is 1.86 bits per heavy atom. The molecule has 0 aliphatic carbocycles. The van der Waals surface area contributed by atoms with Crippen molar-refractivity contribution >= 4 is 64.1 Å². The first-order valence-electron chi connectivity index (χ1n) is 11.2. The minimum Gasteiger partial charge on any atom is -0.490 e. The van der Waals surface area contributed by atoms with Crippen LogP contribution in [0.5, 0.6) is 11.5 Å². The highest BCUT2D eigenvalue weighted by molar-refractivity contribution is 8.18. The molecule has 188 valence electrons. The van der Waals surface area contributed by atoms with Crippen molar-refractivity contribution in [1.82, 2.24) is 9.80 Å². The van der Waals surface area contributed by atoms with Crippen molar-refractivity contribution in [3.8, 4) is 11.5 Å². The fourth-order valence-corrected chi connectivity index (χ4v) is 5.08. The van der Waals surface area contributed by atoms with E-state index >= 15 is 0 Å². The SMILES string of the molecule is CCOc1cc(/C=C2\SC(=O)N(CC(=O)N3CCCC3)C2=O)cc(Cl)c1OC(=O)c1cccc(Cl)c1. The summed E-state index contributed by atoms with van der Waals surface area (Å²) < 4.78 is 11.1. The zero-order valence-corrected chi connectivity index (χ0v) is 21.6. The maximum atomic E-state index is 12.9. The summed E-state index contributed by atoms with van der Waals surface area (Å²) in [5, 5.41) is -0.0555. The molecule has 0 aromatic heterocycles. The molecule has 8 nitrogen and oxygen atoms in total. The van der Waals surface area contributed by atoms with E-state index in [2.05, 4.69) is 0 Å². The van der Waals surface area contributed by atoms with Crippen LogP contribution in [0.15, 0.2) is 41.3 Å². The molecule has 4 rings (SSSR count). The van der Waals surface area contributed by atoms with Crippen molar-refractivity contribution in [1.29, 1.82) is 0 Å². The van der Waals surface area contributed by atoms with Crippen molar-refractivity contribution < 1.29 is 28.7 Å². The summed E-state index contributed by atoms with van der Waals surface area (Å²) in [6.45, 7) is 3.00. The third kappa shape index (κ3) is 5.86. The minimum absolute atomic E-state index is 0.0185. The number of amides is 3. The molecule has 2 aromatic rings. The Morgan fingerprint density at radius 1 is 1.11 bits per heavy atom. The highest BCUT2D eigenvalue weighted by Crippen LogP contribution is 2.39. The van der Waals surface area contributed by atoms with Crippen LogP contribution < -0.4 is 9.47 Å². The number of esters is 1. The molecule has 36 heavy (non-hydrogen) atoms. The standard InChI is InChI=1S/C25H22Cl2N2O6S/c1-2-34-19-11-15(10-18(27)22(19)35-24(32)16-6-5-7-17(26)13-16)12-20-23(31)29(25(33)36-20)14-21(30)28-8-3-4-9-28/h5-7,10-13H,2-4,8-9,14H2,1H3/b20-12-. The number of halogens is 2. The summed E-state index contributed by atoms with van der Waals surface area (Å²) >= 11 is 13.1.